The number of rotatable bonds is 5. The maximum atomic E-state index is 12.2. The van der Waals surface area contributed by atoms with E-state index in [1.165, 1.54) is 4.57 Å². The molecule has 6 nitrogen and oxygen atoms in total. The summed E-state index contributed by atoms with van der Waals surface area (Å²) < 4.78 is 1.46. The summed E-state index contributed by atoms with van der Waals surface area (Å²) in [5.74, 6) is -0.424. The van der Waals surface area contributed by atoms with Crippen molar-refractivity contribution in [3.8, 4) is 0 Å². The molecular formula is C17H19N3O3S. The third-order valence-electron chi connectivity index (χ3n) is 4.00. The predicted octanol–water partition coefficient (Wildman–Crippen LogP) is 2.06. The molecule has 24 heavy (non-hydrogen) atoms. The van der Waals surface area contributed by atoms with Crippen LogP contribution in [0, 0.1) is 13.8 Å². The van der Waals surface area contributed by atoms with Gasteiger partial charge in [0.05, 0.1) is 0 Å². The van der Waals surface area contributed by atoms with Gasteiger partial charge in [0.2, 0.25) is 5.91 Å². The maximum Gasteiger partial charge on any atom is 0.308 e. The van der Waals surface area contributed by atoms with E-state index in [9.17, 15) is 14.4 Å². The second kappa shape index (κ2) is 6.60. The highest BCUT2D eigenvalue weighted by Gasteiger charge is 2.23. The lowest BCUT2D eigenvalue weighted by Crippen LogP contribution is -2.26. The molecule has 1 aliphatic carbocycles. The van der Waals surface area contributed by atoms with E-state index in [-0.39, 0.29) is 29.3 Å². The highest BCUT2D eigenvalue weighted by atomic mass is 32.1. The van der Waals surface area contributed by atoms with Crippen molar-refractivity contribution < 1.29 is 9.59 Å². The van der Waals surface area contributed by atoms with Gasteiger partial charge < -0.3 is 10.6 Å². The summed E-state index contributed by atoms with van der Waals surface area (Å²) in [5.41, 5.74) is 1.86. The van der Waals surface area contributed by atoms with Gasteiger partial charge in [-0.25, -0.2) is 0 Å². The number of nitrogens with one attached hydrogen (secondary N) is 2. The van der Waals surface area contributed by atoms with Crippen molar-refractivity contribution in [1.82, 2.24) is 9.88 Å². The van der Waals surface area contributed by atoms with Gasteiger partial charge in [-0.05, 0) is 44.9 Å². The molecule has 126 valence electrons. The Bertz CT molecular complexity index is 849. The molecule has 2 aromatic rings. The van der Waals surface area contributed by atoms with Crippen LogP contribution in [0.2, 0.25) is 0 Å². The average molecular weight is 345 g/mol. The first-order valence-corrected chi connectivity index (χ1v) is 8.63. The van der Waals surface area contributed by atoms with E-state index in [0.29, 0.717) is 11.3 Å². The van der Waals surface area contributed by atoms with Gasteiger partial charge in [0.25, 0.3) is 5.91 Å². The predicted molar refractivity (Wildman–Crippen MR) is 93.6 cm³/mol. The zero-order valence-corrected chi connectivity index (χ0v) is 14.4. The van der Waals surface area contributed by atoms with Crippen LogP contribution in [0.15, 0.2) is 29.1 Å². The van der Waals surface area contributed by atoms with E-state index in [4.69, 9.17) is 0 Å². The van der Waals surface area contributed by atoms with Gasteiger partial charge in [-0.1, -0.05) is 17.4 Å². The molecule has 1 aromatic heterocycles. The second-order valence-electron chi connectivity index (χ2n) is 5.97. The molecule has 0 aliphatic heterocycles. The van der Waals surface area contributed by atoms with E-state index in [1.807, 2.05) is 13.8 Å². The third-order valence-corrected chi connectivity index (χ3v) is 4.99. The van der Waals surface area contributed by atoms with Crippen molar-refractivity contribution in [2.24, 2.45) is 0 Å². The molecule has 2 amide bonds. The van der Waals surface area contributed by atoms with Gasteiger partial charge in [0.1, 0.15) is 6.54 Å². The van der Waals surface area contributed by atoms with Crippen molar-refractivity contribution >= 4 is 28.8 Å². The van der Waals surface area contributed by atoms with Crippen LogP contribution in [0.5, 0.6) is 0 Å². The number of anilines is 1. The number of carbonyl (C=O) groups excluding carboxylic acids is 2. The molecular weight excluding hydrogens is 326 g/mol. The fourth-order valence-electron chi connectivity index (χ4n) is 2.35. The number of nitrogens with zero attached hydrogens (tertiary/aromatic N) is 1. The first kappa shape index (κ1) is 16.4. The van der Waals surface area contributed by atoms with Gasteiger partial charge >= 0.3 is 4.87 Å². The Morgan fingerprint density at radius 3 is 2.67 bits per heavy atom. The zero-order chi connectivity index (χ0) is 17.3. The van der Waals surface area contributed by atoms with Crippen LogP contribution < -0.4 is 15.5 Å². The van der Waals surface area contributed by atoms with Gasteiger partial charge in [-0.15, -0.1) is 0 Å². The van der Waals surface area contributed by atoms with Crippen molar-refractivity contribution in [2.45, 2.75) is 39.3 Å². The summed E-state index contributed by atoms with van der Waals surface area (Å²) in [6.45, 7) is 3.65. The molecule has 1 fully saturated rings. The smallest absolute Gasteiger partial charge is 0.308 e. The monoisotopic (exact) mass is 345 g/mol. The number of carbonyl (C=O) groups is 2. The second-order valence-corrected chi connectivity index (χ2v) is 7.14. The highest BCUT2D eigenvalue weighted by molar-refractivity contribution is 7.09. The Balaban J connectivity index is 1.67. The quantitative estimate of drug-likeness (QED) is 0.870. The molecule has 0 radical (unpaired) electrons. The number of benzene rings is 1. The molecule has 0 bridgehead atoms. The highest BCUT2D eigenvalue weighted by Crippen LogP contribution is 2.20. The lowest BCUT2D eigenvalue weighted by molar-refractivity contribution is -0.116. The minimum atomic E-state index is -0.294. The lowest BCUT2D eigenvalue weighted by atomic mass is 10.2. The van der Waals surface area contributed by atoms with Crippen LogP contribution in [0.1, 0.15) is 33.8 Å². The fraction of sp³-hybridized carbons (Fsp3) is 0.353. The molecule has 1 saturated carbocycles. The molecule has 0 saturated heterocycles. The number of aryl methyl sites for hydroxylation is 1. The Hall–Kier alpha value is -2.41. The van der Waals surface area contributed by atoms with Gasteiger partial charge in [0.15, 0.2) is 0 Å². The number of thiazole rings is 1. The minimum Gasteiger partial charge on any atom is -0.349 e. The Labute approximate surface area is 143 Å². The van der Waals surface area contributed by atoms with Crippen LogP contribution in [-0.2, 0) is 11.3 Å². The van der Waals surface area contributed by atoms with Crippen LogP contribution in [0.25, 0.3) is 0 Å². The van der Waals surface area contributed by atoms with E-state index in [2.05, 4.69) is 10.6 Å². The van der Waals surface area contributed by atoms with Crippen molar-refractivity contribution in [1.29, 1.82) is 0 Å². The summed E-state index contributed by atoms with van der Waals surface area (Å²) in [7, 11) is 0. The lowest BCUT2D eigenvalue weighted by Gasteiger charge is -2.09. The van der Waals surface area contributed by atoms with Gasteiger partial charge in [-0.3, -0.25) is 19.0 Å². The molecule has 0 atom stereocenters. The average Bonchev–Trinajstić information content (AvgIpc) is 3.32. The standard InChI is InChI=1S/C17H19N3O3S/c1-10-11(2)24-17(23)20(10)9-15(21)18-14-5-3-4-12(8-14)16(22)19-13-6-7-13/h3-5,8,13H,6-7,9H2,1-2H3,(H,18,21)(H,19,22). The van der Waals surface area contributed by atoms with Crippen LogP contribution in [0.3, 0.4) is 0 Å². The summed E-state index contributed by atoms with van der Waals surface area (Å²) in [6, 6.07) is 7.09. The SMILES string of the molecule is Cc1sc(=O)n(CC(=O)Nc2cccc(C(=O)NC3CC3)c2)c1C. The van der Waals surface area contributed by atoms with Gasteiger partial charge in [0, 0.05) is 27.9 Å². The van der Waals surface area contributed by atoms with E-state index < -0.39 is 0 Å². The molecule has 1 heterocycles. The first-order chi connectivity index (χ1) is 11.4. The Morgan fingerprint density at radius 2 is 2.04 bits per heavy atom. The summed E-state index contributed by atoms with van der Waals surface area (Å²) in [5, 5.41) is 5.66. The maximum absolute atomic E-state index is 12.2. The van der Waals surface area contributed by atoms with Crippen molar-refractivity contribution in [3.63, 3.8) is 0 Å². The largest absolute Gasteiger partial charge is 0.349 e. The summed E-state index contributed by atoms with van der Waals surface area (Å²) in [4.78, 5) is 36.9. The molecule has 2 N–H and O–H groups in total. The van der Waals surface area contributed by atoms with E-state index in [0.717, 1.165) is 34.7 Å². The normalized spacial score (nSPS) is 13.6. The van der Waals surface area contributed by atoms with Crippen LogP contribution in [-0.4, -0.2) is 22.4 Å². The molecule has 3 rings (SSSR count). The number of amides is 2. The third kappa shape index (κ3) is 3.73. The Morgan fingerprint density at radius 1 is 1.29 bits per heavy atom. The van der Waals surface area contributed by atoms with Crippen molar-refractivity contribution in [2.75, 3.05) is 5.32 Å². The number of aromatic nitrogens is 1. The zero-order valence-electron chi connectivity index (χ0n) is 13.6. The van der Waals surface area contributed by atoms with Crippen LogP contribution in [0.4, 0.5) is 5.69 Å². The number of hydrogen-bond acceptors (Lipinski definition) is 4. The fourth-order valence-corrected chi connectivity index (χ4v) is 3.18. The summed E-state index contributed by atoms with van der Waals surface area (Å²) >= 11 is 1.14. The Kier molecular flexibility index (Phi) is 4.53. The molecule has 1 aromatic carbocycles. The topological polar surface area (TPSA) is 80.2 Å². The minimum absolute atomic E-state index is 0.0342. The molecule has 7 heteroatoms. The first-order valence-electron chi connectivity index (χ1n) is 7.81. The molecule has 1 aliphatic rings. The van der Waals surface area contributed by atoms with Gasteiger partial charge in [-0.2, -0.15) is 0 Å². The number of hydrogen-bond donors (Lipinski definition) is 2. The molecule has 0 unspecified atom stereocenters. The summed E-state index contributed by atoms with van der Waals surface area (Å²) in [6.07, 6.45) is 2.05. The van der Waals surface area contributed by atoms with E-state index in [1.54, 1.807) is 24.3 Å². The van der Waals surface area contributed by atoms with Crippen molar-refractivity contribution in [3.05, 3.63) is 50.1 Å². The van der Waals surface area contributed by atoms with E-state index >= 15 is 0 Å². The van der Waals surface area contributed by atoms with Crippen LogP contribution >= 0.6 is 11.3 Å². The molecule has 0 spiro atoms.